The van der Waals surface area contributed by atoms with Crippen LogP contribution in [0.2, 0.25) is 5.15 Å². The maximum absolute atomic E-state index is 13.5. The lowest BCUT2D eigenvalue weighted by atomic mass is 9.73. The number of fused-ring (bicyclic) bond motifs is 4. The lowest BCUT2D eigenvalue weighted by Crippen LogP contribution is -2.47. The first-order valence-corrected chi connectivity index (χ1v) is 14.0. The molecule has 218 valence electrons. The predicted molar refractivity (Wildman–Crippen MR) is 155 cm³/mol. The van der Waals surface area contributed by atoms with Crippen molar-refractivity contribution >= 4 is 40.3 Å². The minimum absolute atomic E-state index is 0.168. The van der Waals surface area contributed by atoms with E-state index in [2.05, 4.69) is 25.3 Å². The van der Waals surface area contributed by atoms with Crippen LogP contribution in [0.3, 0.4) is 0 Å². The van der Waals surface area contributed by atoms with Crippen molar-refractivity contribution in [1.82, 2.24) is 30.0 Å². The number of pyridine rings is 2. The van der Waals surface area contributed by atoms with Gasteiger partial charge in [-0.15, -0.1) is 0 Å². The van der Waals surface area contributed by atoms with Gasteiger partial charge >= 0.3 is 12.2 Å². The highest BCUT2D eigenvalue weighted by molar-refractivity contribution is 6.29. The van der Waals surface area contributed by atoms with E-state index in [1.165, 1.54) is 11.6 Å². The van der Waals surface area contributed by atoms with Gasteiger partial charge in [0.1, 0.15) is 5.15 Å². The van der Waals surface area contributed by atoms with E-state index in [0.717, 1.165) is 60.3 Å². The third kappa shape index (κ3) is 5.46. The third-order valence-corrected chi connectivity index (χ3v) is 8.46. The number of hydrogen-bond acceptors (Lipinski definition) is 5. The van der Waals surface area contributed by atoms with Gasteiger partial charge < -0.3 is 5.32 Å². The minimum Gasteiger partial charge on any atom is -0.334 e. The number of aryl methyl sites for hydroxylation is 1. The average Bonchev–Trinajstić information content (AvgIpc) is 3.50. The van der Waals surface area contributed by atoms with Crippen LogP contribution in [0.5, 0.6) is 0 Å². The van der Waals surface area contributed by atoms with Crippen molar-refractivity contribution in [2.45, 2.75) is 31.0 Å². The maximum Gasteiger partial charge on any atom is 0.417 e. The van der Waals surface area contributed by atoms with Crippen molar-refractivity contribution in [3.05, 3.63) is 88.6 Å². The van der Waals surface area contributed by atoms with Crippen LogP contribution >= 0.6 is 11.6 Å². The second-order valence-electron chi connectivity index (χ2n) is 10.8. The molecule has 8 nitrogen and oxygen atoms in total. The number of amides is 2. The first-order valence-electron chi connectivity index (χ1n) is 13.7. The van der Waals surface area contributed by atoms with Crippen LogP contribution in [0.1, 0.15) is 35.2 Å². The lowest BCUT2D eigenvalue weighted by Gasteiger charge is -2.39. The highest BCUT2D eigenvalue weighted by atomic mass is 35.5. The zero-order valence-electron chi connectivity index (χ0n) is 22.9. The Hall–Kier alpha value is -3.96. The number of urea groups is 1. The van der Waals surface area contributed by atoms with Crippen LogP contribution < -0.4 is 10.2 Å². The molecule has 3 aromatic heterocycles. The molecule has 1 aromatic carbocycles. The Labute approximate surface area is 245 Å². The van der Waals surface area contributed by atoms with E-state index in [1.54, 1.807) is 18.3 Å². The number of alkyl halides is 3. The Bertz CT molecular complexity index is 1640. The summed E-state index contributed by atoms with van der Waals surface area (Å²) in [4.78, 5) is 25.6. The highest BCUT2D eigenvalue weighted by Gasteiger charge is 2.47. The molecule has 1 N–H and O–H groups in total. The van der Waals surface area contributed by atoms with E-state index in [-0.39, 0.29) is 11.4 Å². The molecule has 12 heteroatoms. The molecule has 5 heterocycles. The molecule has 2 aliphatic heterocycles. The number of piperidine rings is 1. The molecule has 0 aliphatic carbocycles. The van der Waals surface area contributed by atoms with Crippen molar-refractivity contribution in [3.8, 4) is 0 Å². The van der Waals surface area contributed by atoms with Crippen molar-refractivity contribution in [1.29, 1.82) is 0 Å². The van der Waals surface area contributed by atoms with Crippen LogP contribution in [0.25, 0.3) is 17.0 Å². The first-order chi connectivity index (χ1) is 20.1. The maximum atomic E-state index is 13.5. The zero-order valence-corrected chi connectivity index (χ0v) is 23.7. The third-order valence-electron chi connectivity index (χ3n) is 8.25. The fourth-order valence-electron chi connectivity index (χ4n) is 6.04. The largest absolute Gasteiger partial charge is 0.417 e. The Morgan fingerprint density at radius 2 is 1.93 bits per heavy atom. The summed E-state index contributed by atoms with van der Waals surface area (Å²) in [5.41, 5.74) is 3.47. The van der Waals surface area contributed by atoms with Gasteiger partial charge in [-0.25, -0.2) is 9.78 Å². The number of likely N-dealkylation sites (tertiary alicyclic amines) is 1. The van der Waals surface area contributed by atoms with Gasteiger partial charge in [0, 0.05) is 49.9 Å². The van der Waals surface area contributed by atoms with E-state index in [1.807, 2.05) is 47.1 Å². The molecule has 0 atom stereocenters. The molecule has 4 aromatic rings. The molecule has 6 rings (SSSR count). The molecule has 0 bridgehead atoms. The summed E-state index contributed by atoms with van der Waals surface area (Å²) in [5, 5.41) is 8.98. The number of halogens is 4. The van der Waals surface area contributed by atoms with Gasteiger partial charge in [0.05, 0.1) is 28.7 Å². The van der Waals surface area contributed by atoms with Gasteiger partial charge in [0.2, 0.25) is 0 Å². The van der Waals surface area contributed by atoms with Crippen LogP contribution in [-0.4, -0.2) is 56.9 Å². The van der Waals surface area contributed by atoms with E-state index in [0.29, 0.717) is 30.5 Å². The van der Waals surface area contributed by atoms with Crippen molar-refractivity contribution < 1.29 is 18.0 Å². The fraction of sp³-hybridized carbons (Fsp3) is 0.333. The molecule has 1 fully saturated rings. The number of aromatic nitrogens is 4. The Balaban J connectivity index is 1.17. The number of benzene rings is 1. The van der Waals surface area contributed by atoms with Crippen molar-refractivity contribution in [2.75, 3.05) is 31.1 Å². The second kappa shape index (κ2) is 11.0. The van der Waals surface area contributed by atoms with E-state index in [4.69, 9.17) is 11.6 Å². The molecule has 1 saturated heterocycles. The number of nitrogens with one attached hydrogen (secondary N) is 1. The van der Waals surface area contributed by atoms with Gasteiger partial charge in [-0.1, -0.05) is 17.7 Å². The van der Waals surface area contributed by atoms with Gasteiger partial charge in [-0.3, -0.25) is 19.5 Å². The number of hydrogen-bond donors (Lipinski definition) is 1. The Morgan fingerprint density at radius 1 is 1.12 bits per heavy atom. The minimum atomic E-state index is -4.40. The molecule has 2 aliphatic rings. The summed E-state index contributed by atoms with van der Waals surface area (Å²) >= 11 is 6.01. The second-order valence-corrected chi connectivity index (χ2v) is 11.2. The number of carbonyl (C=O) groups excluding carboxylic acids is 1. The lowest BCUT2D eigenvalue weighted by molar-refractivity contribution is -0.137. The first kappa shape index (κ1) is 28.2. The Kier molecular flexibility index (Phi) is 7.40. The summed E-state index contributed by atoms with van der Waals surface area (Å²) < 4.78 is 40.3. The summed E-state index contributed by atoms with van der Waals surface area (Å²) in [5.74, 6) is 0. The number of carbonyl (C=O) groups is 1. The SMILES string of the molecule is Cn1ncc2c3c(ccc21)N(C(=O)NCc1ccnc(Cl)c1)CC31CCN(CC=Cc2ccc(C(F)(F)F)cn2)CC1. The van der Waals surface area contributed by atoms with Crippen LogP contribution in [0.4, 0.5) is 23.7 Å². The van der Waals surface area contributed by atoms with Crippen LogP contribution in [0, 0.1) is 0 Å². The standard InChI is InChI=1S/C30H29ClF3N7O/c1-39-24-6-7-25-27(23(24)18-38-39)29(19-41(25)28(42)37-16-20-8-11-35-26(31)15-20)9-13-40(14-10-29)12-2-3-22-5-4-21(17-36-22)30(32,33)34/h2-8,11,15,17-18H,9-10,12-14,16,19H2,1H3,(H,37,42). The molecular weight excluding hydrogens is 567 g/mol. The van der Waals surface area contributed by atoms with Crippen LogP contribution in [-0.2, 0) is 25.2 Å². The number of anilines is 1. The topological polar surface area (TPSA) is 79.2 Å². The fourth-order valence-corrected chi connectivity index (χ4v) is 6.23. The molecule has 0 radical (unpaired) electrons. The smallest absolute Gasteiger partial charge is 0.334 e. The molecule has 2 amide bonds. The zero-order chi connectivity index (χ0) is 29.5. The summed E-state index contributed by atoms with van der Waals surface area (Å²) in [6.45, 7) is 3.18. The molecule has 0 saturated carbocycles. The van der Waals surface area contributed by atoms with Crippen molar-refractivity contribution in [2.24, 2.45) is 7.05 Å². The van der Waals surface area contributed by atoms with E-state index in [9.17, 15) is 18.0 Å². The van der Waals surface area contributed by atoms with Crippen molar-refractivity contribution in [3.63, 3.8) is 0 Å². The molecule has 42 heavy (non-hydrogen) atoms. The van der Waals surface area contributed by atoms with Crippen LogP contribution in [0.15, 0.2) is 61.1 Å². The average molecular weight is 596 g/mol. The van der Waals surface area contributed by atoms with Gasteiger partial charge in [0.15, 0.2) is 0 Å². The summed E-state index contributed by atoms with van der Waals surface area (Å²) in [6, 6.07) is 9.84. The molecule has 0 unspecified atom stereocenters. The van der Waals surface area contributed by atoms with E-state index >= 15 is 0 Å². The number of nitrogens with zero attached hydrogens (tertiary/aromatic N) is 6. The van der Waals surface area contributed by atoms with Gasteiger partial charge in [-0.05, 0) is 79.5 Å². The molecular formula is C30H29ClF3N7O. The number of rotatable bonds is 5. The van der Waals surface area contributed by atoms with E-state index < -0.39 is 11.7 Å². The quantitative estimate of drug-likeness (QED) is 0.295. The van der Waals surface area contributed by atoms with Gasteiger partial charge in [-0.2, -0.15) is 18.3 Å². The predicted octanol–water partition coefficient (Wildman–Crippen LogP) is 5.81. The molecule has 1 spiro atoms. The normalized spacial score (nSPS) is 16.9. The van der Waals surface area contributed by atoms with Gasteiger partial charge in [0.25, 0.3) is 0 Å². The summed E-state index contributed by atoms with van der Waals surface area (Å²) in [7, 11) is 1.92. The monoisotopic (exact) mass is 595 g/mol. The highest BCUT2D eigenvalue weighted by Crippen LogP contribution is 2.50. The summed E-state index contributed by atoms with van der Waals surface area (Å²) in [6.07, 6.45) is 5.35. The Morgan fingerprint density at radius 3 is 2.64 bits per heavy atom.